The summed E-state index contributed by atoms with van der Waals surface area (Å²) in [5.41, 5.74) is 4.75. The second-order valence-corrected chi connectivity index (χ2v) is 7.48. The van der Waals surface area contributed by atoms with Gasteiger partial charge in [-0.05, 0) is 43.2 Å². The van der Waals surface area contributed by atoms with E-state index in [-0.39, 0.29) is 30.0 Å². The normalized spacial score (nSPS) is 15.4. The van der Waals surface area contributed by atoms with E-state index < -0.39 is 35.2 Å². The van der Waals surface area contributed by atoms with E-state index in [9.17, 15) is 29.3 Å². The number of nitro groups is 1. The lowest BCUT2D eigenvalue weighted by molar-refractivity contribution is -0.384. The first kappa shape index (κ1) is 22.6. The first-order valence-electron chi connectivity index (χ1n) is 9.78. The Hall–Kier alpha value is -4.08. The molecule has 2 aromatic rings. The molecule has 1 fully saturated rings. The Bertz CT molecular complexity index is 1100. The van der Waals surface area contributed by atoms with Gasteiger partial charge in [-0.3, -0.25) is 39.7 Å². The molecule has 0 radical (unpaired) electrons. The highest BCUT2D eigenvalue weighted by Gasteiger charge is 2.36. The molecule has 0 bridgehead atoms. The van der Waals surface area contributed by atoms with E-state index >= 15 is 0 Å². The number of hydrogen-bond donors (Lipinski definition) is 1. The van der Waals surface area contributed by atoms with Crippen LogP contribution in [0.3, 0.4) is 0 Å². The molecule has 166 valence electrons. The van der Waals surface area contributed by atoms with E-state index in [4.69, 9.17) is 4.74 Å². The van der Waals surface area contributed by atoms with Crippen molar-refractivity contribution in [1.29, 1.82) is 0 Å². The predicted octanol–water partition coefficient (Wildman–Crippen LogP) is 2.13. The fourth-order valence-electron chi connectivity index (χ4n) is 3.15. The maximum absolute atomic E-state index is 12.3. The summed E-state index contributed by atoms with van der Waals surface area (Å²) < 4.78 is 5.09. The Morgan fingerprint density at radius 2 is 1.75 bits per heavy atom. The molecular formula is C22H21N3O7. The number of hydrazine groups is 1. The van der Waals surface area contributed by atoms with Crippen molar-refractivity contribution >= 4 is 29.3 Å². The van der Waals surface area contributed by atoms with Crippen LogP contribution in [0, 0.1) is 29.9 Å². The molecule has 10 heteroatoms. The van der Waals surface area contributed by atoms with Gasteiger partial charge < -0.3 is 4.74 Å². The van der Waals surface area contributed by atoms with Gasteiger partial charge in [0.25, 0.3) is 11.6 Å². The van der Waals surface area contributed by atoms with Gasteiger partial charge in [-0.25, -0.2) is 0 Å². The van der Waals surface area contributed by atoms with Crippen LogP contribution in [0.5, 0.6) is 0 Å². The molecular weight excluding hydrogens is 418 g/mol. The Morgan fingerprint density at radius 1 is 1.09 bits per heavy atom. The van der Waals surface area contributed by atoms with Crippen molar-refractivity contribution in [2.24, 2.45) is 5.92 Å². The van der Waals surface area contributed by atoms with E-state index in [2.05, 4.69) is 5.43 Å². The van der Waals surface area contributed by atoms with E-state index in [0.29, 0.717) is 5.56 Å². The van der Waals surface area contributed by atoms with Crippen molar-refractivity contribution in [3.8, 4) is 0 Å². The fourth-order valence-corrected chi connectivity index (χ4v) is 3.15. The zero-order valence-corrected chi connectivity index (χ0v) is 17.5. The molecule has 1 heterocycles. The largest absolute Gasteiger partial charge is 0.457 e. The summed E-state index contributed by atoms with van der Waals surface area (Å²) in [5.74, 6) is -3.01. The van der Waals surface area contributed by atoms with E-state index in [1.165, 1.54) is 24.3 Å². The summed E-state index contributed by atoms with van der Waals surface area (Å²) in [6, 6.07) is 10.1. The molecule has 0 spiro atoms. The van der Waals surface area contributed by atoms with Gasteiger partial charge in [0.05, 0.1) is 17.4 Å². The zero-order chi connectivity index (χ0) is 23.4. The number of esters is 1. The number of ketones is 1. The fraction of sp³-hybridized carbons (Fsp3) is 0.273. The van der Waals surface area contributed by atoms with Gasteiger partial charge in [-0.2, -0.15) is 0 Å². The number of ether oxygens (including phenoxy) is 1. The maximum Gasteiger partial charge on any atom is 0.311 e. The van der Waals surface area contributed by atoms with Gasteiger partial charge >= 0.3 is 5.97 Å². The Kier molecular flexibility index (Phi) is 6.62. The number of aryl methyl sites for hydroxylation is 2. The quantitative estimate of drug-likeness (QED) is 0.302. The number of nitro benzene ring substituents is 1. The minimum absolute atomic E-state index is 0.103. The van der Waals surface area contributed by atoms with Crippen LogP contribution < -0.4 is 5.43 Å². The van der Waals surface area contributed by atoms with Crippen molar-refractivity contribution in [3.05, 3.63) is 74.8 Å². The second-order valence-electron chi connectivity index (χ2n) is 7.48. The number of nitrogens with one attached hydrogen (secondary N) is 1. The van der Waals surface area contributed by atoms with Crippen LogP contribution >= 0.6 is 0 Å². The predicted molar refractivity (Wildman–Crippen MR) is 112 cm³/mol. The summed E-state index contributed by atoms with van der Waals surface area (Å²) in [5, 5.41) is 11.7. The number of non-ortho nitro benzene ring substituents is 1. The molecule has 0 aromatic heterocycles. The standard InChI is InChI=1S/C22H21N3O7/c1-13-3-4-16(9-14(13)2)19(26)12-32-22(29)17-10-20(27)24(11-17)23-21(28)15-5-7-18(8-6-15)25(30)31/h3-9,17H,10-12H2,1-2H3,(H,23,28). The van der Waals surface area contributed by atoms with Crippen LogP contribution in [0.25, 0.3) is 0 Å². The summed E-state index contributed by atoms with van der Waals surface area (Å²) in [6.45, 7) is 3.25. The van der Waals surface area contributed by atoms with E-state index in [0.717, 1.165) is 16.1 Å². The number of amides is 2. The van der Waals surface area contributed by atoms with Crippen LogP contribution in [0.2, 0.25) is 0 Å². The van der Waals surface area contributed by atoms with Crippen molar-refractivity contribution in [2.45, 2.75) is 20.3 Å². The highest BCUT2D eigenvalue weighted by Crippen LogP contribution is 2.19. The van der Waals surface area contributed by atoms with Crippen LogP contribution in [0.1, 0.15) is 38.3 Å². The third-order valence-electron chi connectivity index (χ3n) is 5.21. The van der Waals surface area contributed by atoms with Crippen LogP contribution in [-0.2, 0) is 14.3 Å². The number of hydrogen-bond acceptors (Lipinski definition) is 7. The first-order chi connectivity index (χ1) is 15.2. The molecule has 1 aliphatic rings. The number of rotatable bonds is 7. The first-order valence-corrected chi connectivity index (χ1v) is 9.78. The third kappa shape index (κ3) is 5.15. The van der Waals surface area contributed by atoms with Gasteiger partial charge in [-0.15, -0.1) is 0 Å². The number of benzene rings is 2. The minimum atomic E-state index is -0.827. The number of carbonyl (C=O) groups excluding carboxylic acids is 4. The Balaban J connectivity index is 1.53. The highest BCUT2D eigenvalue weighted by molar-refractivity contribution is 5.99. The van der Waals surface area contributed by atoms with Crippen molar-refractivity contribution in [1.82, 2.24) is 10.4 Å². The average molecular weight is 439 g/mol. The molecule has 1 N–H and O–H groups in total. The number of Topliss-reactive ketones (excluding diaryl/α,β-unsaturated/α-hetero) is 1. The van der Waals surface area contributed by atoms with Gasteiger partial charge in [0, 0.05) is 29.7 Å². The lowest BCUT2D eigenvalue weighted by Gasteiger charge is -2.17. The molecule has 2 aromatic carbocycles. The summed E-state index contributed by atoms with van der Waals surface area (Å²) in [6.07, 6.45) is -0.169. The molecule has 1 atom stereocenters. The van der Waals surface area contributed by atoms with Gasteiger partial charge in [-0.1, -0.05) is 12.1 Å². The van der Waals surface area contributed by atoms with Crippen LogP contribution in [0.4, 0.5) is 5.69 Å². The van der Waals surface area contributed by atoms with Crippen molar-refractivity contribution < 1.29 is 28.8 Å². The summed E-state index contributed by atoms with van der Waals surface area (Å²) >= 11 is 0. The molecule has 0 aliphatic carbocycles. The number of nitrogens with zero attached hydrogens (tertiary/aromatic N) is 2. The molecule has 1 aliphatic heterocycles. The third-order valence-corrected chi connectivity index (χ3v) is 5.21. The Labute approximate surface area is 183 Å². The molecule has 2 amide bonds. The average Bonchev–Trinajstić information content (AvgIpc) is 3.13. The van der Waals surface area contributed by atoms with Crippen molar-refractivity contribution in [2.75, 3.05) is 13.2 Å². The minimum Gasteiger partial charge on any atom is -0.457 e. The van der Waals surface area contributed by atoms with Gasteiger partial charge in [0.15, 0.2) is 12.4 Å². The second kappa shape index (κ2) is 9.38. The molecule has 10 nitrogen and oxygen atoms in total. The van der Waals surface area contributed by atoms with Crippen molar-refractivity contribution in [3.63, 3.8) is 0 Å². The zero-order valence-electron chi connectivity index (χ0n) is 17.5. The SMILES string of the molecule is Cc1ccc(C(=O)COC(=O)C2CC(=O)N(NC(=O)c3ccc([N+](=O)[O-])cc3)C2)cc1C. The molecule has 32 heavy (non-hydrogen) atoms. The van der Waals surface area contributed by atoms with Gasteiger partial charge in [0.1, 0.15) is 0 Å². The van der Waals surface area contributed by atoms with E-state index in [1.54, 1.807) is 12.1 Å². The maximum atomic E-state index is 12.3. The van der Waals surface area contributed by atoms with Crippen LogP contribution in [0.15, 0.2) is 42.5 Å². The van der Waals surface area contributed by atoms with Gasteiger partial charge in [0.2, 0.25) is 5.91 Å². The smallest absolute Gasteiger partial charge is 0.311 e. The molecule has 3 rings (SSSR count). The monoisotopic (exact) mass is 439 g/mol. The Morgan fingerprint density at radius 3 is 2.38 bits per heavy atom. The highest BCUT2D eigenvalue weighted by atomic mass is 16.6. The topological polar surface area (TPSA) is 136 Å². The lowest BCUT2D eigenvalue weighted by Crippen LogP contribution is -2.43. The summed E-state index contributed by atoms with van der Waals surface area (Å²) in [7, 11) is 0. The van der Waals surface area contributed by atoms with E-state index in [1.807, 2.05) is 19.9 Å². The molecule has 1 saturated heterocycles. The molecule has 1 unspecified atom stereocenters. The van der Waals surface area contributed by atoms with Crippen LogP contribution in [-0.4, -0.2) is 46.7 Å². The molecule has 0 saturated carbocycles. The summed E-state index contributed by atoms with van der Waals surface area (Å²) in [4.78, 5) is 59.2. The number of carbonyl (C=O) groups is 4. The lowest BCUT2D eigenvalue weighted by atomic mass is 10.0.